The smallest absolute Gasteiger partial charge is 0.176 e. The van der Waals surface area contributed by atoms with Crippen LogP contribution in [0.1, 0.15) is 69.2 Å². The lowest BCUT2D eigenvalue weighted by Gasteiger charge is -2.37. The summed E-state index contributed by atoms with van der Waals surface area (Å²) in [6.07, 6.45) is 5.36. The molecule has 2 aliphatic rings. The van der Waals surface area contributed by atoms with Crippen LogP contribution in [-0.4, -0.2) is 46.1 Å². The zero-order valence-electron chi connectivity index (χ0n) is 21.0. The number of nitrogens with one attached hydrogen (secondary N) is 1. The third kappa shape index (κ3) is 3.49. The Hall–Kier alpha value is -3.66. The Labute approximate surface area is 212 Å². The predicted octanol–water partition coefficient (Wildman–Crippen LogP) is 4.51. The average Bonchev–Trinajstić information content (AvgIpc) is 3.45. The van der Waals surface area contributed by atoms with Crippen molar-refractivity contribution in [2.24, 2.45) is 5.41 Å². The van der Waals surface area contributed by atoms with E-state index in [1.165, 1.54) is 18.2 Å². The molecule has 0 radical (unpaired) electrons. The average molecular weight is 504 g/mol. The molecule has 10 heteroatoms. The van der Waals surface area contributed by atoms with Crippen LogP contribution in [0.5, 0.6) is 0 Å². The number of aromatic nitrogens is 7. The minimum absolute atomic E-state index is 0.126. The van der Waals surface area contributed by atoms with Gasteiger partial charge in [-0.3, -0.25) is 10.1 Å². The first-order chi connectivity index (χ1) is 17.5. The summed E-state index contributed by atoms with van der Waals surface area (Å²) in [4.78, 5) is 13.9. The van der Waals surface area contributed by atoms with Crippen LogP contribution in [0.25, 0.3) is 22.8 Å². The topological polar surface area (TPSA) is 113 Å². The molecule has 0 aliphatic heterocycles. The highest BCUT2D eigenvalue weighted by Crippen LogP contribution is 2.69. The van der Waals surface area contributed by atoms with Gasteiger partial charge in [0.15, 0.2) is 11.6 Å². The molecule has 1 saturated carbocycles. The first-order valence-electron chi connectivity index (χ1n) is 12.3. The second-order valence-corrected chi connectivity index (χ2v) is 11.2. The Kier molecular flexibility index (Phi) is 5.08. The van der Waals surface area contributed by atoms with Crippen LogP contribution in [0.2, 0.25) is 0 Å². The van der Waals surface area contributed by atoms with Gasteiger partial charge >= 0.3 is 0 Å². The molecule has 2 atom stereocenters. The third-order valence-corrected chi connectivity index (χ3v) is 8.04. The molecule has 1 aromatic carbocycles. The maximum atomic E-state index is 14.5. The van der Waals surface area contributed by atoms with E-state index in [4.69, 9.17) is 4.98 Å². The lowest BCUT2D eigenvalue weighted by molar-refractivity contribution is 0.0789. The fourth-order valence-electron chi connectivity index (χ4n) is 6.32. The molecule has 0 amide bonds. The molecular formula is C27H27F2N7O. The molecule has 6 rings (SSSR count). The van der Waals surface area contributed by atoms with Crippen LogP contribution in [0.4, 0.5) is 8.78 Å². The van der Waals surface area contributed by atoms with Gasteiger partial charge in [-0.05, 0) is 61.8 Å². The van der Waals surface area contributed by atoms with Crippen LogP contribution >= 0.6 is 0 Å². The summed E-state index contributed by atoms with van der Waals surface area (Å²) in [5.41, 5.74) is 1.25. The first kappa shape index (κ1) is 23.7. The molecule has 3 aromatic heterocycles. The molecule has 2 N–H and O–H groups in total. The number of halogens is 2. The summed E-state index contributed by atoms with van der Waals surface area (Å²) in [5, 5.41) is 26.1. The lowest BCUT2D eigenvalue weighted by atomic mass is 9.66. The van der Waals surface area contributed by atoms with Crippen molar-refractivity contribution >= 4 is 0 Å². The number of H-pyrrole nitrogens is 1. The molecule has 0 saturated heterocycles. The van der Waals surface area contributed by atoms with E-state index in [9.17, 15) is 13.9 Å². The van der Waals surface area contributed by atoms with Gasteiger partial charge in [0, 0.05) is 12.6 Å². The lowest BCUT2D eigenvalue weighted by Crippen LogP contribution is -2.38. The summed E-state index contributed by atoms with van der Waals surface area (Å²) < 4.78 is 29.0. The summed E-state index contributed by atoms with van der Waals surface area (Å²) >= 11 is 0. The fourth-order valence-corrected chi connectivity index (χ4v) is 6.32. The Morgan fingerprint density at radius 1 is 1.08 bits per heavy atom. The highest BCUT2D eigenvalue weighted by molar-refractivity contribution is 5.64. The van der Waals surface area contributed by atoms with Crippen molar-refractivity contribution in [3.63, 3.8) is 0 Å². The second kappa shape index (κ2) is 7.92. The van der Waals surface area contributed by atoms with Crippen molar-refractivity contribution in [1.29, 1.82) is 0 Å². The van der Waals surface area contributed by atoms with Crippen LogP contribution in [0.15, 0.2) is 36.7 Å². The van der Waals surface area contributed by atoms with E-state index in [2.05, 4.69) is 44.2 Å². The summed E-state index contributed by atoms with van der Waals surface area (Å²) in [6, 6.07) is 5.57. The van der Waals surface area contributed by atoms with Gasteiger partial charge < -0.3 is 5.11 Å². The van der Waals surface area contributed by atoms with Gasteiger partial charge in [-0.1, -0.05) is 19.9 Å². The summed E-state index contributed by atoms with van der Waals surface area (Å²) in [6.45, 7) is 7.76. The number of fused-ring (bicyclic) bond motifs is 5. The molecule has 0 unspecified atom stereocenters. The van der Waals surface area contributed by atoms with Crippen molar-refractivity contribution in [3.05, 3.63) is 71.1 Å². The molecule has 37 heavy (non-hydrogen) atoms. The number of aromatic amines is 1. The zero-order chi connectivity index (χ0) is 26.2. The molecule has 0 spiro atoms. The van der Waals surface area contributed by atoms with Gasteiger partial charge in [0.05, 0.1) is 39.9 Å². The van der Waals surface area contributed by atoms with Gasteiger partial charge in [0.25, 0.3) is 0 Å². The van der Waals surface area contributed by atoms with E-state index in [-0.39, 0.29) is 22.6 Å². The number of hydrogen-bond acceptors (Lipinski definition) is 7. The monoisotopic (exact) mass is 503 g/mol. The Balaban J connectivity index is 1.44. The number of nitrogens with zero attached hydrogens (tertiary/aromatic N) is 6. The SMILES string of the molecule is CC(C)(O)Cc1n[nH]c(-c2cncc([C@@]34CC[C@@H](c5cc(-c6c(F)cccc6F)nnc53)C4(C)C)n2)n1. The molecule has 190 valence electrons. The van der Waals surface area contributed by atoms with Gasteiger partial charge in [-0.15, -0.1) is 5.10 Å². The quantitative estimate of drug-likeness (QED) is 0.412. The molecule has 8 nitrogen and oxygen atoms in total. The van der Waals surface area contributed by atoms with Crippen molar-refractivity contribution < 1.29 is 13.9 Å². The Morgan fingerprint density at radius 3 is 2.57 bits per heavy atom. The minimum Gasteiger partial charge on any atom is -0.390 e. The van der Waals surface area contributed by atoms with E-state index < -0.39 is 22.7 Å². The Morgan fingerprint density at radius 2 is 1.84 bits per heavy atom. The van der Waals surface area contributed by atoms with E-state index >= 15 is 0 Å². The number of rotatable bonds is 5. The maximum absolute atomic E-state index is 14.5. The van der Waals surface area contributed by atoms with Gasteiger partial charge in [0.2, 0.25) is 0 Å². The van der Waals surface area contributed by atoms with E-state index in [0.29, 0.717) is 23.8 Å². The van der Waals surface area contributed by atoms with Gasteiger partial charge in [-0.2, -0.15) is 10.2 Å². The minimum atomic E-state index is -0.939. The van der Waals surface area contributed by atoms with Crippen molar-refractivity contribution in [2.75, 3.05) is 0 Å². The highest BCUT2D eigenvalue weighted by Gasteiger charge is 2.65. The molecule has 2 bridgehead atoms. The molecule has 4 aromatic rings. The molecule has 1 fully saturated rings. The van der Waals surface area contributed by atoms with Crippen molar-refractivity contribution in [2.45, 2.75) is 63.9 Å². The van der Waals surface area contributed by atoms with E-state index in [0.717, 1.165) is 29.8 Å². The summed E-state index contributed by atoms with van der Waals surface area (Å²) in [5.74, 6) is -0.256. The number of aliphatic hydroxyl groups is 1. The largest absolute Gasteiger partial charge is 0.390 e. The summed E-state index contributed by atoms with van der Waals surface area (Å²) in [7, 11) is 0. The molecular weight excluding hydrogens is 476 g/mol. The van der Waals surface area contributed by atoms with Crippen molar-refractivity contribution in [3.8, 4) is 22.8 Å². The van der Waals surface area contributed by atoms with Crippen LogP contribution in [-0.2, 0) is 11.8 Å². The Bertz CT molecular complexity index is 1510. The normalized spacial score (nSPS) is 21.9. The number of hydrogen-bond donors (Lipinski definition) is 2. The molecule has 3 heterocycles. The predicted molar refractivity (Wildman–Crippen MR) is 131 cm³/mol. The third-order valence-electron chi connectivity index (χ3n) is 8.04. The second-order valence-electron chi connectivity index (χ2n) is 11.2. The first-order valence-corrected chi connectivity index (χ1v) is 12.3. The highest BCUT2D eigenvalue weighted by atomic mass is 19.1. The van der Waals surface area contributed by atoms with E-state index in [1.807, 2.05) is 0 Å². The standard InChI is InChI=1S/C27H27F2N7O/c1-25(2,37)11-21-32-24(36-34-21)19-12-30-13-20(31-19)27-9-8-15(26(27,3)4)14-10-18(33-35-23(14)27)22-16(28)6-5-7-17(22)29/h5-7,10,12-13,15,37H,8-9,11H2,1-4H3,(H,32,34,36)/t15-,27-/m0/s1. The van der Waals surface area contributed by atoms with Crippen LogP contribution < -0.4 is 0 Å². The van der Waals surface area contributed by atoms with E-state index in [1.54, 1.807) is 32.3 Å². The van der Waals surface area contributed by atoms with Crippen LogP contribution in [0, 0.1) is 17.0 Å². The maximum Gasteiger partial charge on any atom is 0.176 e. The fraction of sp³-hybridized carbons (Fsp3) is 0.407. The van der Waals surface area contributed by atoms with Crippen LogP contribution in [0.3, 0.4) is 0 Å². The van der Waals surface area contributed by atoms with Crippen molar-refractivity contribution in [1.82, 2.24) is 35.3 Å². The van der Waals surface area contributed by atoms with Gasteiger partial charge in [0.1, 0.15) is 17.3 Å². The zero-order valence-corrected chi connectivity index (χ0v) is 21.0. The molecule has 2 aliphatic carbocycles. The van der Waals surface area contributed by atoms with Gasteiger partial charge in [-0.25, -0.2) is 18.7 Å². The number of benzene rings is 1.